The zero-order chi connectivity index (χ0) is 11.7. The highest BCUT2D eigenvalue weighted by Crippen LogP contribution is 2.01. The summed E-state index contributed by atoms with van der Waals surface area (Å²) in [5.74, 6) is 0. The van der Waals surface area contributed by atoms with Crippen LogP contribution in [-0.2, 0) is 4.74 Å². The summed E-state index contributed by atoms with van der Waals surface area (Å²) in [5.41, 5.74) is -0.671. The molecule has 0 aliphatic heterocycles. The van der Waals surface area contributed by atoms with Crippen molar-refractivity contribution < 1.29 is 9.84 Å². The van der Waals surface area contributed by atoms with E-state index in [0.29, 0.717) is 13.2 Å². The molecule has 0 aromatic heterocycles. The van der Waals surface area contributed by atoms with Gasteiger partial charge in [-0.2, -0.15) is 0 Å². The van der Waals surface area contributed by atoms with Gasteiger partial charge >= 0.3 is 0 Å². The van der Waals surface area contributed by atoms with E-state index in [1.165, 1.54) is 0 Å². The molecule has 3 heteroatoms. The number of hydrogen-bond acceptors (Lipinski definition) is 3. The zero-order valence-electron chi connectivity index (χ0n) is 9.60. The summed E-state index contributed by atoms with van der Waals surface area (Å²) in [6.07, 6.45) is 0. The first-order chi connectivity index (χ1) is 6.95. The van der Waals surface area contributed by atoms with Crippen molar-refractivity contribution in [2.75, 3.05) is 13.2 Å². The highest BCUT2D eigenvalue weighted by atomic mass is 32.1. The second kappa shape index (κ2) is 7.74. The second-order valence-electron chi connectivity index (χ2n) is 3.79. The van der Waals surface area contributed by atoms with Gasteiger partial charge in [-0.15, -0.1) is 12.6 Å². The summed E-state index contributed by atoms with van der Waals surface area (Å²) in [7, 11) is 0. The SMILES string of the molecule is CCOCC(C)(C)O.Sc1ccccc1. The Morgan fingerprint density at radius 3 is 2.00 bits per heavy atom. The first kappa shape index (κ1) is 14.5. The van der Waals surface area contributed by atoms with E-state index in [1.807, 2.05) is 37.3 Å². The minimum absolute atomic E-state index is 0.420. The van der Waals surface area contributed by atoms with Gasteiger partial charge in [-0.3, -0.25) is 0 Å². The topological polar surface area (TPSA) is 29.5 Å². The molecule has 15 heavy (non-hydrogen) atoms. The van der Waals surface area contributed by atoms with Crippen molar-refractivity contribution in [1.82, 2.24) is 0 Å². The van der Waals surface area contributed by atoms with Crippen molar-refractivity contribution in [3.8, 4) is 0 Å². The molecule has 0 radical (unpaired) electrons. The Labute approximate surface area is 97.7 Å². The van der Waals surface area contributed by atoms with Crippen LogP contribution in [0.5, 0.6) is 0 Å². The van der Waals surface area contributed by atoms with E-state index < -0.39 is 5.60 Å². The number of hydrogen-bond donors (Lipinski definition) is 2. The van der Waals surface area contributed by atoms with Crippen molar-refractivity contribution in [1.29, 1.82) is 0 Å². The Morgan fingerprint density at radius 1 is 1.27 bits per heavy atom. The smallest absolute Gasteiger partial charge is 0.0824 e. The largest absolute Gasteiger partial charge is 0.388 e. The quantitative estimate of drug-likeness (QED) is 0.779. The van der Waals surface area contributed by atoms with Crippen LogP contribution in [0.2, 0.25) is 0 Å². The van der Waals surface area contributed by atoms with Gasteiger partial charge in [0.05, 0.1) is 12.2 Å². The van der Waals surface area contributed by atoms with Gasteiger partial charge in [-0.25, -0.2) is 0 Å². The molecule has 1 aromatic carbocycles. The lowest BCUT2D eigenvalue weighted by Gasteiger charge is -2.15. The summed E-state index contributed by atoms with van der Waals surface area (Å²) < 4.78 is 4.95. The molecule has 2 nitrogen and oxygen atoms in total. The fourth-order valence-electron chi connectivity index (χ4n) is 0.780. The summed E-state index contributed by atoms with van der Waals surface area (Å²) in [4.78, 5) is 1.02. The van der Waals surface area contributed by atoms with Crippen molar-refractivity contribution in [3.05, 3.63) is 30.3 Å². The molecule has 0 unspecified atom stereocenters. The Kier molecular flexibility index (Phi) is 7.48. The standard InChI is InChI=1S/C6H14O2.C6H6S/c1-4-8-5-6(2,3)7;7-6-4-2-1-3-5-6/h7H,4-5H2,1-3H3;1-5,7H. The van der Waals surface area contributed by atoms with Gasteiger partial charge in [0.25, 0.3) is 0 Å². The molecule has 0 bridgehead atoms. The maximum atomic E-state index is 9.02. The zero-order valence-corrected chi connectivity index (χ0v) is 10.5. The van der Waals surface area contributed by atoms with Gasteiger partial charge in [-0.1, -0.05) is 18.2 Å². The average Bonchev–Trinajstić information content (AvgIpc) is 2.16. The van der Waals surface area contributed by atoms with Crippen LogP contribution in [0.3, 0.4) is 0 Å². The molecule has 1 N–H and O–H groups in total. The van der Waals surface area contributed by atoms with Gasteiger partial charge < -0.3 is 9.84 Å². The van der Waals surface area contributed by atoms with Gasteiger partial charge in [0.15, 0.2) is 0 Å². The Balaban J connectivity index is 0.000000262. The molecule has 0 atom stereocenters. The van der Waals surface area contributed by atoms with E-state index in [1.54, 1.807) is 13.8 Å². The number of benzene rings is 1. The van der Waals surface area contributed by atoms with Crippen molar-refractivity contribution in [3.63, 3.8) is 0 Å². The first-order valence-electron chi connectivity index (χ1n) is 5.00. The van der Waals surface area contributed by atoms with E-state index in [0.717, 1.165) is 4.90 Å². The fraction of sp³-hybridized carbons (Fsp3) is 0.500. The van der Waals surface area contributed by atoms with Gasteiger partial charge in [0, 0.05) is 11.5 Å². The minimum atomic E-state index is -0.671. The van der Waals surface area contributed by atoms with E-state index in [9.17, 15) is 0 Å². The first-order valence-corrected chi connectivity index (χ1v) is 5.44. The summed E-state index contributed by atoms with van der Waals surface area (Å²) >= 11 is 4.08. The summed E-state index contributed by atoms with van der Waals surface area (Å²) in [6.45, 7) is 6.45. The molecule has 0 aliphatic carbocycles. The lowest BCUT2D eigenvalue weighted by Crippen LogP contribution is -2.25. The molecule has 0 heterocycles. The Bertz CT molecular complexity index is 242. The van der Waals surface area contributed by atoms with Crippen molar-refractivity contribution >= 4 is 12.6 Å². The predicted molar refractivity (Wildman–Crippen MR) is 66.5 cm³/mol. The van der Waals surface area contributed by atoms with E-state index in [2.05, 4.69) is 12.6 Å². The highest BCUT2D eigenvalue weighted by molar-refractivity contribution is 7.80. The van der Waals surface area contributed by atoms with Crippen LogP contribution >= 0.6 is 12.6 Å². The second-order valence-corrected chi connectivity index (χ2v) is 4.30. The summed E-state index contributed by atoms with van der Waals surface area (Å²) in [5, 5.41) is 9.02. The van der Waals surface area contributed by atoms with Crippen LogP contribution < -0.4 is 0 Å². The molecule has 1 aromatic rings. The monoisotopic (exact) mass is 228 g/mol. The third-order valence-corrected chi connectivity index (χ3v) is 1.71. The Morgan fingerprint density at radius 2 is 1.80 bits per heavy atom. The van der Waals surface area contributed by atoms with Crippen molar-refractivity contribution in [2.45, 2.75) is 31.3 Å². The normalized spacial score (nSPS) is 10.5. The molecule has 0 saturated heterocycles. The third-order valence-electron chi connectivity index (χ3n) is 1.42. The molecule has 0 fully saturated rings. The lowest BCUT2D eigenvalue weighted by atomic mass is 10.2. The third kappa shape index (κ3) is 11.4. The van der Waals surface area contributed by atoms with E-state index in [-0.39, 0.29) is 0 Å². The fourth-order valence-corrected chi connectivity index (χ4v) is 0.952. The van der Waals surface area contributed by atoms with Crippen LogP contribution in [0.15, 0.2) is 35.2 Å². The predicted octanol–water partition coefficient (Wildman–Crippen LogP) is 2.77. The highest BCUT2D eigenvalue weighted by Gasteiger charge is 2.10. The van der Waals surface area contributed by atoms with Crippen molar-refractivity contribution in [2.24, 2.45) is 0 Å². The summed E-state index contributed by atoms with van der Waals surface area (Å²) in [6, 6.07) is 9.79. The number of rotatable bonds is 3. The van der Waals surface area contributed by atoms with E-state index >= 15 is 0 Å². The molecule has 86 valence electrons. The molecule has 0 amide bonds. The number of thiol groups is 1. The Hall–Kier alpha value is -0.510. The number of aliphatic hydroxyl groups is 1. The van der Waals surface area contributed by atoms with Crippen LogP contribution in [-0.4, -0.2) is 23.9 Å². The minimum Gasteiger partial charge on any atom is -0.388 e. The van der Waals surface area contributed by atoms with Crippen LogP contribution in [0, 0.1) is 0 Å². The number of ether oxygens (including phenoxy) is 1. The van der Waals surface area contributed by atoms with Crippen LogP contribution in [0.25, 0.3) is 0 Å². The molecule has 0 saturated carbocycles. The maximum absolute atomic E-state index is 9.02. The molecular formula is C12H20O2S. The molecule has 1 rings (SSSR count). The van der Waals surface area contributed by atoms with Crippen LogP contribution in [0.1, 0.15) is 20.8 Å². The van der Waals surface area contributed by atoms with Crippen LogP contribution in [0.4, 0.5) is 0 Å². The average molecular weight is 228 g/mol. The molecule has 0 spiro atoms. The molecular weight excluding hydrogens is 208 g/mol. The maximum Gasteiger partial charge on any atom is 0.0824 e. The van der Waals surface area contributed by atoms with E-state index in [4.69, 9.17) is 9.84 Å². The van der Waals surface area contributed by atoms with Gasteiger partial charge in [0.1, 0.15) is 0 Å². The molecule has 0 aliphatic rings. The van der Waals surface area contributed by atoms with Gasteiger partial charge in [-0.05, 0) is 32.9 Å². The van der Waals surface area contributed by atoms with Gasteiger partial charge in [0.2, 0.25) is 0 Å². The lowest BCUT2D eigenvalue weighted by molar-refractivity contribution is -0.0169.